The first-order chi connectivity index (χ1) is 9.20. The van der Waals surface area contributed by atoms with Gasteiger partial charge in [0.05, 0.1) is 6.42 Å². The van der Waals surface area contributed by atoms with Crippen LogP contribution in [0.1, 0.15) is 70.6 Å². The number of rotatable bonds is 6. The number of carboxylic acid groups (broad SMARTS) is 1. The van der Waals surface area contributed by atoms with Gasteiger partial charge in [0.25, 0.3) is 0 Å². The van der Waals surface area contributed by atoms with E-state index in [0.717, 1.165) is 31.8 Å². The molecule has 0 radical (unpaired) electrons. The van der Waals surface area contributed by atoms with Crippen molar-refractivity contribution in [2.45, 2.75) is 70.6 Å². The highest BCUT2D eigenvalue weighted by Crippen LogP contribution is 2.38. The minimum absolute atomic E-state index is 0. The van der Waals surface area contributed by atoms with Crippen molar-refractivity contribution in [2.75, 3.05) is 13.1 Å². The number of hydrogen-bond acceptors (Lipinski definition) is 2. The molecule has 3 nitrogen and oxygen atoms in total. The predicted molar refractivity (Wildman–Crippen MR) is 84.5 cm³/mol. The van der Waals surface area contributed by atoms with Gasteiger partial charge in [-0.15, -0.1) is 12.4 Å². The summed E-state index contributed by atoms with van der Waals surface area (Å²) in [6.07, 6.45) is 13.1. The molecule has 0 atom stereocenters. The normalized spacial score (nSPS) is 23.0. The zero-order valence-electron chi connectivity index (χ0n) is 12.5. The second-order valence-corrected chi connectivity index (χ2v) is 6.77. The second-order valence-electron chi connectivity index (χ2n) is 6.77. The smallest absolute Gasteiger partial charge is 0.303 e. The maximum Gasteiger partial charge on any atom is 0.303 e. The summed E-state index contributed by atoms with van der Waals surface area (Å²) >= 11 is 0. The number of aliphatic carboxylic acids is 1. The maximum atomic E-state index is 11.1. The van der Waals surface area contributed by atoms with Crippen LogP contribution in [0.3, 0.4) is 0 Å². The largest absolute Gasteiger partial charge is 0.481 e. The first-order valence-corrected chi connectivity index (χ1v) is 8.13. The van der Waals surface area contributed by atoms with Gasteiger partial charge < -0.3 is 10.4 Å². The van der Waals surface area contributed by atoms with E-state index in [0.29, 0.717) is 6.42 Å². The van der Waals surface area contributed by atoms with Gasteiger partial charge in [0, 0.05) is 6.54 Å². The third kappa shape index (κ3) is 5.61. The van der Waals surface area contributed by atoms with E-state index in [2.05, 4.69) is 5.32 Å². The van der Waals surface area contributed by atoms with Crippen molar-refractivity contribution in [2.24, 2.45) is 11.3 Å². The summed E-state index contributed by atoms with van der Waals surface area (Å²) in [5.41, 5.74) is 0.0404. The van der Waals surface area contributed by atoms with Gasteiger partial charge in [0.1, 0.15) is 0 Å². The monoisotopic (exact) mass is 303 g/mol. The molecule has 118 valence electrons. The number of halogens is 1. The summed E-state index contributed by atoms with van der Waals surface area (Å²) in [5, 5.41) is 12.8. The molecule has 2 fully saturated rings. The highest BCUT2D eigenvalue weighted by molar-refractivity contribution is 5.85. The van der Waals surface area contributed by atoms with Gasteiger partial charge in [0.2, 0.25) is 0 Å². The van der Waals surface area contributed by atoms with E-state index in [9.17, 15) is 4.79 Å². The van der Waals surface area contributed by atoms with Crippen LogP contribution in [0, 0.1) is 11.3 Å². The molecule has 2 aliphatic rings. The van der Waals surface area contributed by atoms with Crippen LogP contribution in [0.5, 0.6) is 0 Å². The summed E-state index contributed by atoms with van der Waals surface area (Å²) in [5.74, 6) is 0.209. The van der Waals surface area contributed by atoms with Gasteiger partial charge in [-0.1, -0.05) is 38.5 Å². The molecular formula is C16H30ClNO2. The van der Waals surface area contributed by atoms with E-state index >= 15 is 0 Å². The lowest BCUT2D eigenvalue weighted by Crippen LogP contribution is -2.39. The fraction of sp³-hybridized carbons (Fsp3) is 0.938. The first kappa shape index (κ1) is 17.8. The van der Waals surface area contributed by atoms with Crippen molar-refractivity contribution in [1.82, 2.24) is 5.32 Å². The van der Waals surface area contributed by atoms with Crippen LogP contribution < -0.4 is 5.32 Å². The van der Waals surface area contributed by atoms with E-state index in [-0.39, 0.29) is 17.8 Å². The highest BCUT2D eigenvalue weighted by atomic mass is 35.5. The van der Waals surface area contributed by atoms with Gasteiger partial charge in [-0.2, -0.15) is 0 Å². The molecule has 4 heteroatoms. The van der Waals surface area contributed by atoms with Gasteiger partial charge in [-0.05, 0) is 43.6 Å². The molecule has 0 saturated heterocycles. The van der Waals surface area contributed by atoms with Crippen molar-refractivity contribution in [3.8, 4) is 0 Å². The third-order valence-corrected chi connectivity index (χ3v) is 5.10. The molecule has 2 N–H and O–H groups in total. The SMILES string of the molecule is Cl.O=C(O)CC1(CNCC2CCCCC2)CCCCC1. The molecule has 0 bridgehead atoms. The Morgan fingerprint density at radius 3 is 2.25 bits per heavy atom. The average Bonchev–Trinajstić information content (AvgIpc) is 2.40. The maximum absolute atomic E-state index is 11.1. The summed E-state index contributed by atoms with van der Waals surface area (Å²) < 4.78 is 0. The second kappa shape index (κ2) is 8.89. The zero-order chi connectivity index (χ0) is 13.6. The number of nitrogens with one attached hydrogen (secondary N) is 1. The van der Waals surface area contributed by atoms with Crippen molar-refractivity contribution >= 4 is 18.4 Å². The van der Waals surface area contributed by atoms with Crippen LogP contribution in [-0.2, 0) is 4.79 Å². The van der Waals surface area contributed by atoms with Crippen LogP contribution in [-0.4, -0.2) is 24.2 Å². The average molecular weight is 304 g/mol. The van der Waals surface area contributed by atoms with Crippen LogP contribution in [0.2, 0.25) is 0 Å². The molecule has 2 aliphatic carbocycles. The molecule has 2 rings (SSSR count). The van der Waals surface area contributed by atoms with E-state index in [1.807, 2.05) is 0 Å². The fourth-order valence-electron chi connectivity index (χ4n) is 3.97. The molecule has 0 amide bonds. The van der Waals surface area contributed by atoms with Gasteiger partial charge in [-0.25, -0.2) is 0 Å². The van der Waals surface area contributed by atoms with E-state index < -0.39 is 5.97 Å². The Hall–Kier alpha value is -0.280. The lowest BCUT2D eigenvalue weighted by atomic mass is 9.71. The number of carbonyl (C=O) groups is 1. The molecule has 2 saturated carbocycles. The molecule has 0 unspecified atom stereocenters. The Labute approximate surface area is 129 Å². The van der Waals surface area contributed by atoms with Gasteiger partial charge in [-0.3, -0.25) is 4.79 Å². The van der Waals surface area contributed by atoms with Crippen molar-refractivity contribution in [1.29, 1.82) is 0 Å². The quantitative estimate of drug-likeness (QED) is 0.779. The topological polar surface area (TPSA) is 49.3 Å². The third-order valence-electron chi connectivity index (χ3n) is 5.10. The number of carboxylic acids is 1. The van der Waals surface area contributed by atoms with Crippen LogP contribution in [0.25, 0.3) is 0 Å². The van der Waals surface area contributed by atoms with Crippen LogP contribution in [0.15, 0.2) is 0 Å². The lowest BCUT2D eigenvalue weighted by Gasteiger charge is -2.37. The fourth-order valence-corrected chi connectivity index (χ4v) is 3.97. The molecule has 0 aliphatic heterocycles. The Balaban J connectivity index is 0.00000200. The lowest BCUT2D eigenvalue weighted by molar-refractivity contribution is -0.140. The molecule has 20 heavy (non-hydrogen) atoms. The zero-order valence-corrected chi connectivity index (χ0v) is 13.3. The van der Waals surface area contributed by atoms with Crippen molar-refractivity contribution in [3.05, 3.63) is 0 Å². The Bertz CT molecular complexity index is 284. The highest BCUT2D eigenvalue weighted by Gasteiger charge is 2.34. The van der Waals surface area contributed by atoms with Crippen LogP contribution in [0.4, 0.5) is 0 Å². The molecule has 0 aromatic rings. The summed E-state index contributed by atoms with van der Waals surface area (Å²) in [6.45, 7) is 2.01. The van der Waals surface area contributed by atoms with Crippen molar-refractivity contribution < 1.29 is 9.90 Å². The molecule has 0 heterocycles. The minimum atomic E-state index is -0.624. The van der Waals surface area contributed by atoms with Crippen LogP contribution >= 0.6 is 12.4 Å². The van der Waals surface area contributed by atoms with E-state index in [1.165, 1.54) is 51.4 Å². The Morgan fingerprint density at radius 1 is 1.05 bits per heavy atom. The molecule has 0 spiro atoms. The van der Waals surface area contributed by atoms with E-state index in [1.54, 1.807) is 0 Å². The Morgan fingerprint density at radius 2 is 1.65 bits per heavy atom. The minimum Gasteiger partial charge on any atom is -0.481 e. The summed E-state index contributed by atoms with van der Waals surface area (Å²) in [4.78, 5) is 11.1. The molecule has 0 aromatic heterocycles. The molecule has 0 aromatic carbocycles. The van der Waals surface area contributed by atoms with Crippen molar-refractivity contribution in [3.63, 3.8) is 0 Å². The predicted octanol–water partition coefficient (Wildman–Crippen LogP) is 4.00. The van der Waals surface area contributed by atoms with Gasteiger partial charge in [0.15, 0.2) is 0 Å². The van der Waals surface area contributed by atoms with Gasteiger partial charge >= 0.3 is 5.97 Å². The summed E-state index contributed by atoms with van der Waals surface area (Å²) in [7, 11) is 0. The van der Waals surface area contributed by atoms with E-state index in [4.69, 9.17) is 5.11 Å². The Kier molecular flexibility index (Phi) is 7.90. The number of hydrogen-bond donors (Lipinski definition) is 2. The summed E-state index contributed by atoms with van der Waals surface area (Å²) in [6, 6.07) is 0. The standard InChI is InChI=1S/C16H29NO2.ClH/c18-15(19)11-16(9-5-2-6-10-16)13-17-12-14-7-3-1-4-8-14;/h14,17H,1-13H2,(H,18,19);1H. The molecular weight excluding hydrogens is 274 g/mol. The first-order valence-electron chi connectivity index (χ1n) is 8.13.